The Bertz CT molecular complexity index is 264. The minimum Gasteiger partial charge on any atom is -0.396 e. The SMILES string of the molecule is C=O.C=O.CCCCC(CO)(CO)CO.OP(O)O.[C-]1=CC=CC1.[CH3-].[Mn+2]. The van der Waals surface area contributed by atoms with Crippen LogP contribution in [0.3, 0.4) is 0 Å². The molecule has 0 heterocycles. The Morgan fingerprint density at radius 1 is 1.04 bits per heavy atom. The summed E-state index contributed by atoms with van der Waals surface area (Å²) < 4.78 is 0. The van der Waals surface area contributed by atoms with Gasteiger partial charge < -0.3 is 47.0 Å². The zero-order valence-electron chi connectivity index (χ0n) is 15.4. The van der Waals surface area contributed by atoms with E-state index < -0.39 is 14.0 Å². The minimum absolute atomic E-state index is 0. The topological polar surface area (TPSA) is 156 Å². The summed E-state index contributed by atoms with van der Waals surface area (Å²) in [4.78, 5) is 37.7. The van der Waals surface area contributed by atoms with Crippen molar-refractivity contribution in [1.82, 2.24) is 0 Å². The number of hydrogen-bond donors (Lipinski definition) is 6. The van der Waals surface area contributed by atoms with Crippen LogP contribution in [0.1, 0.15) is 32.6 Å². The summed E-state index contributed by atoms with van der Waals surface area (Å²) in [7, 11) is -2.62. The monoisotopic (exact) mass is 439 g/mol. The molecule has 0 aromatic rings. The number of aliphatic hydroxyl groups is 3. The molecule has 0 bridgehead atoms. The van der Waals surface area contributed by atoms with Gasteiger partial charge in [-0.05, 0) is 6.42 Å². The normalized spacial score (nSPS) is 10.2. The summed E-state index contributed by atoms with van der Waals surface area (Å²) in [6.07, 6.45) is 12.6. The van der Waals surface area contributed by atoms with Crippen LogP contribution in [-0.2, 0) is 26.7 Å². The molecule has 0 fully saturated rings. The first-order chi connectivity index (χ1) is 11.5. The van der Waals surface area contributed by atoms with E-state index in [1.165, 1.54) is 0 Å². The maximum atomic E-state index is 8.88. The molecule has 1 radical (unpaired) electrons. The molecule has 1 aliphatic carbocycles. The predicted octanol–water partition coefficient (Wildman–Crippen LogP) is 0.714. The average molecular weight is 439 g/mol. The van der Waals surface area contributed by atoms with Gasteiger partial charge in [-0.25, -0.2) is 12.2 Å². The molecule has 0 saturated carbocycles. The molecule has 0 amide bonds. The van der Waals surface area contributed by atoms with E-state index in [-0.39, 0.29) is 44.3 Å². The Hall–Kier alpha value is -0.471. The molecule has 26 heavy (non-hydrogen) atoms. The van der Waals surface area contributed by atoms with E-state index in [1.807, 2.05) is 32.7 Å². The molecule has 0 aromatic carbocycles. The number of rotatable bonds is 6. The van der Waals surface area contributed by atoms with E-state index in [4.69, 9.17) is 39.6 Å². The third-order valence-corrected chi connectivity index (χ3v) is 2.65. The molecule has 8 nitrogen and oxygen atoms in total. The van der Waals surface area contributed by atoms with Gasteiger partial charge in [0, 0.05) is 5.41 Å². The molecule has 1 rings (SSSR count). The molecule has 157 valence electrons. The molecule has 1 aliphatic rings. The van der Waals surface area contributed by atoms with Crippen molar-refractivity contribution in [1.29, 1.82) is 0 Å². The van der Waals surface area contributed by atoms with Gasteiger partial charge in [0.15, 0.2) is 0 Å². The first-order valence-corrected chi connectivity index (χ1v) is 8.16. The summed E-state index contributed by atoms with van der Waals surface area (Å²) in [5.41, 5.74) is -0.657. The number of aliphatic hydroxyl groups excluding tert-OH is 3. The molecule has 0 atom stereocenters. The smallest absolute Gasteiger partial charge is 0.396 e. The van der Waals surface area contributed by atoms with Gasteiger partial charge in [-0.15, -0.1) is 6.42 Å². The average Bonchev–Trinajstić information content (AvgIpc) is 3.20. The second-order valence-electron chi connectivity index (χ2n) is 4.35. The van der Waals surface area contributed by atoms with Gasteiger partial charge in [0.1, 0.15) is 13.6 Å². The number of hydrogen-bond acceptors (Lipinski definition) is 8. The third-order valence-electron chi connectivity index (χ3n) is 2.65. The predicted molar refractivity (Wildman–Crippen MR) is 99.0 cm³/mol. The van der Waals surface area contributed by atoms with Crippen LogP contribution in [0.25, 0.3) is 0 Å². The van der Waals surface area contributed by atoms with Crippen molar-refractivity contribution in [2.75, 3.05) is 19.8 Å². The van der Waals surface area contributed by atoms with Crippen LogP contribution in [0.15, 0.2) is 18.2 Å². The Kier molecular flexibility index (Phi) is 55.2. The third kappa shape index (κ3) is 34.8. The van der Waals surface area contributed by atoms with Crippen LogP contribution >= 0.6 is 8.60 Å². The van der Waals surface area contributed by atoms with E-state index in [2.05, 4.69) is 12.2 Å². The van der Waals surface area contributed by atoms with Gasteiger partial charge in [-0.2, -0.15) is 6.08 Å². The fraction of sp³-hybridized carbons (Fsp3) is 0.562. The van der Waals surface area contributed by atoms with Gasteiger partial charge >= 0.3 is 25.7 Å². The van der Waals surface area contributed by atoms with Gasteiger partial charge in [-0.1, -0.05) is 19.8 Å². The molecule has 0 aliphatic heterocycles. The van der Waals surface area contributed by atoms with Crippen molar-refractivity contribution < 1.29 is 56.7 Å². The number of unbranched alkanes of at least 4 members (excludes halogenated alkanes) is 1. The molecule has 0 saturated heterocycles. The van der Waals surface area contributed by atoms with Crippen molar-refractivity contribution in [2.45, 2.75) is 32.6 Å². The Balaban J connectivity index is -0.0000000562. The Morgan fingerprint density at radius 2 is 1.42 bits per heavy atom. The molecule has 6 N–H and O–H groups in total. The van der Waals surface area contributed by atoms with E-state index in [0.717, 1.165) is 19.3 Å². The van der Waals surface area contributed by atoms with Gasteiger partial charge in [0.25, 0.3) is 0 Å². The molecular formula is C16H33MnO8P. The van der Waals surface area contributed by atoms with Gasteiger partial charge in [0.05, 0.1) is 19.8 Å². The summed E-state index contributed by atoms with van der Waals surface area (Å²) in [6, 6.07) is 0. The summed E-state index contributed by atoms with van der Waals surface area (Å²) in [6.45, 7) is 5.62. The van der Waals surface area contributed by atoms with E-state index in [9.17, 15) is 0 Å². The quantitative estimate of drug-likeness (QED) is 0.201. The maximum absolute atomic E-state index is 8.88. The first kappa shape index (κ1) is 40.3. The molecule has 10 heteroatoms. The molecule has 0 spiro atoms. The van der Waals surface area contributed by atoms with Crippen LogP contribution in [-0.4, -0.2) is 63.4 Å². The molecule has 0 unspecified atom stereocenters. The number of carbonyl (C=O) groups is 2. The van der Waals surface area contributed by atoms with E-state index >= 15 is 0 Å². The van der Waals surface area contributed by atoms with E-state index in [1.54, 1.807) is 0 Å². The van der Waals surface area contributed by atoms with Crippen LogP contribution < -0.4 is 0 Å². The van der Waals surface area contributed by atoms with E-state index in [0.29, 0.717) is 6.42 Å². The van der Waals surface area contributed by atoms with Crippen LogP contribution in [0.2, 0.25) is 0 Å². The van der Waals surface area contributed by atoms with Crippen molar-refractivity contribution in [3.8, 4) is 0 Å². The summed E-state index contributed by atoms with van der Waals surface area (Å²) in [5.74, 6) is 0. The first-order valence-electron chi connectivity index (χ1n) is 6.96. The second kappa shape index (κ2) is 35.6. The Morgan fingerprint density at radius 3 is 1.58 bits per heavy atom. The van der Waals surface area contributed by atoms with Crippen molar-refractivity contribution in [2.24, 2.45) is 5.41 Å². The van der Waals surface area contributed by atoms with Crippen LogP contribution in [0.4, 0.5) is 0 Å². The van der Waals surface area contributed by atoms with Crippen molar-refractivity contribution >= 4 is 22.2 Å². The summed E-state index contributed by atoms with van der Waals surface area (Å²) >= 11 is 0. The second-order valence-corrected chi connectivity index (χ2v) is 4.89. The number of allylic oxidation sites excluding steroid dienone is 4. The molecular weight excluding hydrogens is 406 g/mol. The van der Waals surface area contributed by atoms with Gasteiger partial charge in [0.2, 0.25) is 0 Å². The van der Waals surface area contributed by atoms with Crippen LogP contribution in [0, 0.1) is 18.9 Å². The fourth-order valence-corrected chi connectivity index (χ4v) is 1.28. The summed E-state index contributed by atoms with van der Waals surface area (Å²) in [5, 5.41) is 26.6. The van der Waals surface area contributed by atoms with Gasteiger partial charge in [-0.3, -0.25) is 6.08 Å². The fourth-order valence-electron chi connectivity index (χ4n) is 1.28. The largest absolute Gasteiger partial charge is 2.00 e. The van der Waals surface area contributed by atoms with Crippen molar-refractivity contribution in [3.05, 3.63) is 31.7 Å². The zero-order chi connectivity index (χ0) is 19.9. The maximum Gasteiger partial charge on any atom is 2.00 e. The number of carbonyl (C=O) groups excluding carboxylic acids is 2. The van der Waals surface area contributed by atoms with Crippen LogP contribution in [0.5, 0.6) is 0 Å². The molecule has 0 aromatic heterocycles. The standard InChI is InChI=1S/C8H18O3.C5H5.2CH2O.CH3.Mn.H3O3P/c1-2-3-4-8(5-9,6-10)7-11;1-2-4-5-3-1;2*1-2;;;1-4(2)3/h9-11H,2-7H2,1H3;1-3H,4H2;2*1H2;1H3;;1-3H/q;-1;;;-1;+2;. The van der Waals surface area contributed by atoms with Crippen molar-refractivity contribution in [3.63, 3.8) is 0 Å². The zero-order valence-corrected chi connectivity index (χ0v) is 17.5. The minimum atomic E-state index is -2.62. The Labute approximate surface area is 168 Å².